The van der Waals surface area contributed by atoms with Crippen LogP contribution in [0.5, 0.6) is 0 Å². The van der Waals surface area contributed by atoms with E-state index in [0.717, 1.165) is 25.3 Å². The molecule has 0 aliphatic carbocycles. The van der Waals surface area contributed by atoms with Crippen molar-refractivity contribution >= 4 is 23.0 Å². The maximum atomic E-state index is 10.9. The van der Waals surface area contributed by atoms with Gasteiger partial charge in [0.2, 0.25) is 0 Å². The normalized spacial score (nSPS) is 20.6. The average molecular weight is 284 g/mol. The van der Waals surface area contributed by atoms with Gasteiger partial charge in [0.15, 0.2) is 0 Å². The Balaban J connectivity index is 2.24. The monoisotopic (exact) mass is 283 g/mol. The van der Waals surface area contributed by atoms with Crippen LogP contribution in [0.3, 0.4) is 0 Å². The molecule has 1 aromatic rings. The number of benzene rings is 1. The van der Waals surface area contributed by atoms with Crippen molar-refractivity contribution in [1.29, 1.82) is 0 Å². The summed E-state index contributed by atoms with van der Waals surface area (Å²) in [5.74, 6) is 0.160. The van der Waals surface area contributed by atoms with Gasteiger partial charge in [0.05, 0.1) is 10.8 Å². The van der Waals surface area contributed by atoms with E-state index < -0.39 is 0 Å². The largest absolute Gasteiger partial charge is 0.369 e. The van der Waals surface area contributed by atoms with Crippen molar-refractivity contribution in [2.75, 3.05) is 31.6 Å². The van der Waals surface area contributed by atoms with Crippen molar-refractivity contribution in [1.82, 2.24) is 4.90 Å². The fraction of sp³-hybridized carbons (Fsp3) is 0.538. The highest BCUT2D eigenvalue weighted by Gasteiger charge is 2.22. The summed E-state index contributed by atoms with van der Waals surface area (Å²) in [7, 11) is 2.11. The van der Waals surface area contributed by atoms with E-state index in [1.54, 1.807) is 6.07 Å². The first-order valence-corrected chi connectivity index (χ1v) is 6.85. The fourth-order valence-corrected chi connectivity index (χ4v) is 2.55. The Kier molecular flexibility index (Phi) is 4.27. The molecular formula is C13H18ClN3O2. The van der Waals surface area contributed by atoms with Gasteiger partial charge in [-0.15, -0.1) is 11.6 Å². The van der Waals surface area contributed by atoms with Crippen LogP contribution in [0.1, 0.15) is 12.5 Å². The molecule has 0 N–H and O–H groups in total. The molecule has 2 rings (SSSR count). The second-order valence-corrected chi connectivity index (χ2v) is 5.25. The number of halogens is 1. The fourth-order valence-electron chi connectivity index (χ4n) is 2.34. The summed E-state index contributed by atoms with van der Waals surface area (Å²) in [4.78, 5) is 15.1. The molecule has 1 atom stereocenters. The molecule has 1 saturated heterocycles. The number of likely N-dealkylation sites (N-methyl/N-ethyl adjacent to an activating group) is 1. The average Bonchev–Trinajstić information content (AvgIpc) is 2.41. The zero-order valence-electron chi connectivity index (χ0n) is 11.2. The Morgan fingerprint density at radius 2 is 2.21 bits per heavy atom. The van der Waals surface area contributed by atoms with Gasteiger partial charge in [0, 0.05) is 43.0 Å². The second-order valence-electron chi connectivity index (χ2n) is 4.98. The van der Waals surface area contributed by atoms with Gasteiger partial charge >= 0.3 is 0 Å². The summed E-state index contributed by atoms with van der Waals surface area (Å²) in [6.07, 6.45) is 0. The molecule has 0 saturated carbocycles. The van der Waals surface area contributed by atoms with E-state index in [0.29, 0.717) is 11.6 Å². The van der Waals surface area contributed by atoms with Gasteiger partial charge in [0.25, 0.3) is 5.69 Å². The number of alkyl halides is 1. The van der Waals surface area contributed by atoms with Gasteiger partial charge in [0.1, 0.15) is 0 Å². The van der Waals surface area contributed by atoms with Gasteiger partial charge in [-0.3, -0.25) is 10.1 Å². The number of nitro benzene ring substituents is 1. The van der Waals surface area contributed by atoms with Crippen LogP contribution in [0.4, 0.5) is 11.4 Å². The van der Waals surface area contributed by atoms with Crippen molar-refractivity contribution in [2.24, 2.45) is 0 Å². The van der Waals surface area contributed by atoms with E-state index in [4.69, 9.17) is 11.6 Å². The lowest BCUT2D eigenvalue weighted by Crippen LogP contribution is -2.50. The molecule has 0 amide bonds. The molecule has 1 fully saturated rings. The number of nitro groups is 1. The van der Waals surface area contributed by atoms with E-state index >= 15 is 0 Å². The predicted molar refractivity (Wildman–Crippen MR) is 77.0 cm³/mol. The maximum absolute atomic E-state index is 10.9. The number of anilines is 1. The van der Waals surface area contributed by atoms with Crippen molar-refractivity contribution in [3.63, 3.8) is 0 Å². The van der Waals surface area contributed by atoms with Crippen LogP contribution in [0.2, 0.25) is 0 Å². The Labute approximate surface area is 117 Å². The first kappa shape index (κ1) is 14.1. The lowest BCUT2D eigenvalue weighted by atomic mass is 10.1. The van der Waals surface area contributed by atoms with Crippen LogP contribution in [0, 0.1) is 10.1 Å². The number of hydrogen-bond acceptors (Lipinski definition) is 4. The topological polar surface area (TPSA) is 49.6 Å². The molecule has 1 unspecified atom stereocenters. The standard InChI is InChI=1S/C13H18ClN3O2/c1-10-9-16(6-5-15(10)2)12-3-4-13(17(18)19)11(7-12)8-14/h3-4,7,10H,5-6,8-9H2,1-2H3. The number of nitrogens with zero attached hydrogens (tertiary/aromatic N) is 3. The molecule has 0 radical (unpaired) electrons. The third-order valence-corrected chi connectivity index (χ3v) is 4.02. The third-order valence-electron chi connectivity index (χ3n) is 3.73. The quantitative estimate of drug-likeness (QED) is 0.486. The summed E-state index contributed by atoms with van der Waals surface area (Å²) in [5.41, 5.74) is 1.69. The molecular weight excluding hydrogens is 266 g/mol. The zero-order chi connectivity index (χ0) is 14.0. The van der Waals surface area contributed by atoms with Crippen molar-refractivity contribution in [3.05, 3.63) is 33.9 Å². The van der Waals surface area contributed by atoms with E-state index in [1.165, 1.54) is 0 Å². The van der Waals surface area contributed by atoms with Crippen LogP contribution >= 0.6 is 11.6 Å². The molecule has 104 valence electrons. The van der Waals surface area contributed by atoms with Crippen LogP contribution in [-0.4, -0.2) is 42.5 Å². The Morgan fingerprint density at radius 3 is 2.79 bits per heavy atom. The SMILES string of the molecule is CC1CN(c2ccc([N+](=O)[O-])c(CCl)c2)CCN1C. The molecule has 1 aromatic carbocycles. The summed E-state index contributed by atoms with van der Waals surface area (Å²) < 4.78 is 0. The number of piperazine rings is 1. The van der Waals surface area contributed by atoms with Crippen molar-refractivity contribution in [3.8, 4) is 0 Å². The van der Waals surface area contributed by atoms with Gasteiger partial charge in [-0.05, 0) is 26.1 Å². The second kappa shape index (κ2) is 5.75. The van der Waals surface area contributed by atoms with Crippen LogP contribution < -0.4 is 4.90 Å². The third kappa shape index (κ3) is 2.98. The summed E-state index contributed by atoms with van der Waals surface area (Å²) in [5, 5.41) is 10.9. The highest BCUT2D eigenvalue weighted by Crippen LogP contribution is 2.27. The molecule has 19 heavy (non-hydrogen) atoms. The molecule has 0 bridgehead atoms. The smallest absolute Gasteiger partial charge is 0.273 e. The highest BCUT2D eigenvalue weighted by atomic mass is 35.5. The minimum absolute atomic E-state index is 0.0981. The van der Waals surface area contributed by atoms with Crippen molar-refractivity contribution in [2.45, 2.75) is 18.8 Å². The summed E-state index contributed by atoms with van der Waals surface area (Å²) >= 11 is 5.81. The first-order valence-electron chi connectivity index (χ1n) is 6.31. The van der Waals surface area contributed by atoms with E-state index in [1.807, 2.05) is 12.1 Å². The van der Waals surface area contributed by atoms with E-state index in [2.05, 4.69) is 23.8 Å². The first-order chi connectivity index (χ1) is 9.02. The molecule has 0 aromatic heterocycles. The minimum Gasteiger partial charge on any atom is -0.369 e. The Hall–Kier alpha value is -1.33. The van der Waals surface area contributed by atoms with Gasteiger partial charge in [-0.2, -0.15) is 0 Å². The van der Waals surface area contributed by atoms with Crippen LogP contribution in [-0.2, 0) is 5.88 Å². The minimum atomic E-state index is -0.381. The summed E-state index contributed by atoms with van der Waals surface area (Å²) in [6.45, 7) is 5.03. The van der Waals surface area contributed by atoms with Gasteiger partial charge in [-0.25, -0.2) is 0 Å². The molecule has 0 spiro atoms. The van der Waals surface area contributed by atoms with E-state index in [9.17, 15) is 10.1 Å². The lowest BCUT2D eigenvalue weighted by molar-refractivity contribution is -0.385. The maximum Gasteiger partial charge on any atom is 0.273 e. The van der Waals surface area contributed by atoms with E-state index in [-0.39, 0.29) is 16.5 Å². The number of rotatable bonds is 3. The predicted octanol–water partition coefficient (Wildman–Crippen LogP) is 2.47. The Bertz CT molecular complexity index is 481. The summed E-state index contributed by atoms with van der Waals surface area (Å²) in [6, 6.07) is 5.68. The molecule has 6 heteroatoms. The molecule has 1 aliphatic heterocycles. The van der Waals surface area contributed by atoms with Crippen molar-refractivity contribution < 1.29 is 4.92 Å². The molecule has 1 aliphatic rings. The van der Waals surface area contributed by atoms with Crippen LogP contribution in [0.15, 0.2) is 18.2 Å². The van der Waals surface area contributed by atoms with Gasteiger partial charge < -0.3 is 9.80 Å². The number of hydrogen-bond donors (Lipinski definition) is 0. The van der Waals surface area contributed by atoms with Gasteiger partial charge in [-0.1, -0.05) is 0 Å². The molecule has 1 heterocycles. The lowest BCUT2D eigenvalue weighted by Gasteiger charge is -2.39. The highest BCUT2D eigenvalue weighted by molar-refractivity contribution is 6.17. The van der Waals surface area contributed by atoms with Crippen LogP contribution in [0.25, 0.3) is 0 Å². The zero-order valence-corrected chi connectivity index (χ0v) is 11.9. The molecule has 5 nitrogen and oxygen atoms in total. The Morgan fingerprint density at radius 1 is 1.47 bits per heavy atom.